The van der Waals surface area contributed by atoms with E-state index in [2.05, 4.69) is 73.6 Å². The van der Waals surface area contributed by atoms with Crippen LogP contribution in [0, 0.1) is 0 Å². The topological polar surface area (TPSA) is 71.1 Å². The zero-order valence-electron chi connectivity index (χ0n) is 30.6. The predicted octanol–water partition coefficient (Wildman–Crippen LogP) is 11.2. The van der Waals surface area contributed by atoms with Crippen molar-refractivity contribution in [3.8, 4) is 0 Å². The molecular weight excluding hydrogens is 627 g/mol. The Balaban J connectivity index is 0.00000221. The van der Waals surface area contributed by atoms with E-state index in [1.54, 1.807) is 0 Å². The van der Waals surface area contributed by atoms with Crippen molar-refractivity contribution in [1.29, 1.82) is 0 Å². The first-order valence-corrected chi connectivity index (χ1v) is 19.3. The van der Waals surface area contributed by atoms with Crippen LogP contribution in [0.1, 0.15) is 170 Å². The first kappa shape index (κ1) is 36.3. The van der Waals surface area contributed by atoms with Gasteiger partial charge >= 0.3 is 21.0 Å². The molecule has 0 saturated heterocycles. The minimum atomic E-state index is 0.436. The van der Waals surface area contributed by atoms with Crippen LogP contribution in [0.4, 0.5) is 0 Å². The molecule has 0 fully saturated rings. The molecule has 0 radical (unpaired) electrons. The molecule has 1 unspecified atom stereocenters. The molecule has 1 atom stereocenters. The van der Waals surface area contributed by atoms with Crippen LogP contribution >= 0.6 is 0 Å². The van der Waals surface area contributed by atoms with E-state index >= 15 is 0 Å². The summed E-state index contributed by atoms with van der Waals surface area (Å²) in [5.41, 5.74) is 21.4. The van der Waals surface area contributed by atoms with Gasteiger partial charge in [0.2, 0.25) is 0 Å². The zero-order chi connectivity index (χ0) is 34.5. The van der Waals surface area contributed by atoms with Crippen LogP contribution in [0.25, 0.3) is 44.4 Å². The van der Waals surface area contributed by atoms with Gasteiger partial charge in [-0.05, 0) is 91.6 Å². The average molecular weight is 682 g/mol. The van der Waals surface area contributed by atoms with Gasteiger partial charge in [-0.15, -0.1) is 22.1 Å². The molecule has 1 aliphatic carbocycles. The molecule has 0 N–H and O–H groups in total. The first-order valence-electron chi connectivity index (χ1n) is 18.8. The van der Waals surface area contributed by atoms with Gasteiger partial charge in [0.1, 0.15) is 0 Å². The Morgan fingerprint density at radius 1 is 0.625 bits per heavy atom. The van der Waals surface area contributed by atoms with E-state index < -0.39 is 0 Å². The summed E-state index contributed by atoms with van der Waals surface area (Å²) in [7, 11) is 0. The number of rotatable bonds is 12. The van der Waals surface area contributed by atoms with Gasteiger partial charge in [0, 0.05) is 0 Å². The number of hydrogen-bond donors (Lipinski definition) is 0. The summed E-state index contributed by atoms with van der Waals surface area (Å²) >= 11 is 1.06. The van der Waals surface area contributed by atoms with E-state index in [1.165, 1.54) is 93.4 Å². The Bertz CT molecular complexity index is 1890. The number of nitrogens with zero attached hydrogens (tertiary/aromatic N) is 4. The van der Waals surface area contributed by atoms with Crippen molar-refractivity contribution in [3.63, 3.8) is 0 Å². The first-order chi connectivity index (χ1) is 23.4. The van der Waals surface area contributed by atoms with E-state index in [-0.39, 0.29) is 0 Å². The molecule has 5 nitrogen and oxygen atoms in total. The molecule has 3 aromatic rings. The number of allylic oxidation sites excluding steroid dienone is 4. The molecule has 253 valence electrons. The monoisotopic (exact) mass is 681 g/mol. The van der Waals surface area contributed by atoms with Gasteiger partial charge in [-0.3, -0.25) is 0 Å². The zero-order valence-corrected chi connectivity index (χ0v) is 32.0. The molecule has 0 amide bonds. The number of unbranched alkanes of at least 4 members (excludes halogenated alkanes) is 4. The Labute approximate surface area is 297 Å². The quantitative estimate of drug-likeness (QED) is 0.178. The summed E-state index contributed by atoms with van der Waals surface area (Å²) in [6, 6.07) is 6.91. The third-order valence-electron chi connectivity index (χ3n) is 10.8. The van der Waals surface area contributed by atoms with Crippen LogP contribution in [-0.2, 0) is 46.7 Å². The van der Waals surface area contributed by atoms with Gasteiger partial charge in [0.05, 0.1) is 22.8 Å². The summed E-state index contributed by atoms with van der Waals surface area (Å²) in [4.78, 5) is 21.7. The van der Waals surface area contributed by atoms with Crippen molar-refractivity contribution >= 4 is 44.4 Å². The Morgan fingerprint density at radius 3 is 1.67 bits per heavy atom. The average Bonchev–Trinajstić information content (AvgIpc) is 3.88. The Morgan fingerprint density at radius 2 is 1.15 bits per heavy atom. The second-order valence-corrected chi connectivity index (χ2v) is 13.5. The molecule has 8 bridgehead atoms. The summed E-state index contributed by atoms with van der Waals surface area (Å²) in [5, 5.41) is 0. The number of aromatic nitrogens is 4. The normalized spacial score (nSPS) is 15.4. The van der Waals surface area contributed by atoms with Gasteiger partial charge < -0.3 is 9.97 Å². The molecule has 0 saturated carbocycles. The maximum absolute atomic E-state index is 8.19. The minimum absolute atomic E-state index is 0.436. The molecule has 48 heavy (non-hydrogen) atoms. The molecule has 0 aromatic carbocycles. The van der Waals surface area contributed by atoms with Crippen LogP contribution in [-0.4, -0.2) is 9.97 Å². The number of hydrogen-bond acceptors (Lipinski definition) is 3. The van der Waals surface area contributed by atoms with Gasteiger partial charge in [0.15, 0.2) is 0 Å². The van der Waals surface area contributed by atoms with Crippen molar-refractivity contribution < 1.29 is 21.0 Å². The van der Waals surface area contributed by atoms with Gasteiger partial charge in [-0.1, -0.05) is 122 Å². The SMILES string of the molecule is CCCCCCCC1=C(CC)c2nc1cc1[n-]c(cc3nc(cc4[n-]c5c2CC(C)c5c4CC)C(CC)=C3CC)c(CC)c1CC.[O]=[V+2]. The van der Waals surface area contributed by atoms with Crippen molar-refractivity contribution in [2.45, 2.75) is 145 Å². The van der Waals surface area contributed by atoms with Crippen molar-refractivity contribution in [1.82, 2.24) is 19.9 Å². The van der Waals surface area contributed by atoms with Crippen LogP contribution < -0.4 is 9.97 Å². The fraction of sp³-hybridized carbons (Fsp3) is 0.524. The van der Waals surface area contributed by atoms with E-state index in [9.17, 15) is 0 Å². The molecule has 0 spiro atoms. The van der Waals surface area contributed by atoms with E-state index in [0.717, 1.165) is 102 Å². The number of aryl methyl sites for hydroxylation is 3. The third kappa shape index (κ3) is 6.50. The standard InChI is InChI=1S/C42H54N4.O.V/c1-9-16-17-18-19-20-32-30(14-6)41-33-21-25(8)40-31(15-7)38(46-42(33)40)23-36-28(12-4)26(10-2)34(43-36)22-35-27(11-3)29(13-5)37(44-35)24-39(32)45-41;;/h22-25H,9-21H2,1-8H3;;/q-2;;+2. The van der Waals surface area contributed by atoms with Gasteiger partial charge in [-0.2, -0.15) is 0 Å². The van der Waals surface area contributed by atoms with E-state index in [1.807, 2.05) is 0 Å². The summed E-state index contributed by atoms with van der Waals surface area (Å²) < 4.78 is 8.19. The maximum atomic E-state index is 8.19. The fourth-order valence-corrected chi connectivity index (χ4v) is 8.57. The van der Waals surface area contributed by atoms with Crippen LogP contribution in [0.3, 0.4) is 0 Å². The van der Waals surface area contributed by atoms with Crippen molar-refractivity contribution in [2.75, 3.05) is 0 Å². The molecule has 6 rings (SSSR count). The molecule has 2 aliphatic heterocycles. The van der Waals surface area contributed by atoms with Crippen LogP contribution in [0.15, 0.2) is 18.2 Å². The van der Waals surface area contributed by atoms with Crippen molar-refractivity contribution in [2.24, 2.45) is 0 Å². The molecule has 3 aromatic heterocycles. The summed E-state index contributed by atoms with van der Waals surface area (Å²) in [5.74, 6) is 0.436. The van der Waals surface area contributed by atoms with Gasteiger partial charge in [-0.25, -0.2) is 9.97 Å². The van der Waals surface area contributed by atoms with E-state index in [4.69, 9.17) is 23.6 Å². The Hall–Kier alpha value is -3.02. The summed E-state index contributed by atoms with van der Waals surface area (Å²) in [6.45, 7) is 18.4. The molecule has 3 aliphatic rings. The van der Waals surface area contributed by atoms with Crippen molar-refractivity contribution in [3.05, 3.63) is 68.8 Å². The molecule has 5 heterocycles. The second-order valence-electron chi connectivity index (χ2n) is 13.5. The van der Waals surface area contributed by atoms with Crippen LogP contribution in [0.2, 0.25) is 0 Å². The third-order valence-corrected chi connectivity index (χ3v) is 10.8. The summed E-state index contributed by atoms with van der Waals surface area (Å²) in [6.07, 6.45) is 14.3. The Kier molecular flexibility index (Phi) is 12.2. The van der Waals surface area contributed by atoms with Gasteiger partial charge in [0.25, 0.3) is 0 Å². The van der Waals surface area contributed by atoms with Crippen LogP contribution in [0.5, 0.6) is 0 Å². The molecular formula is C42H54N4OV. The predicted molar refractivity (Wildman–Crippen MR) is 198 cm³/mol. The molecule has 6 heteroatoms. The van der Waals surface area contributed by atoms with E-state index in [0.29, 0.717) is 5.92 Å². The fourth-order valence-electron chi connectivity index (χ4n) is 8.57. The second kappa shape index (κ2) is 16.1. The number of fused-ring (bicyclic) bond motifs is 8.